The Kier molecular flexibility index (Phi) is 3.82. The molecule has 0 radical (unpaired) electrons. The zero-order valence-electron chi connectivity index (χ0n) is 10.8. The first-order valence-corrected chi connectivity index (χ1v) is 6.29. The monoisotopic (exact) mass is 261 g/mol. The fraction of sp³-hybridized carbons (Fsp3) is 0.286. The van der Waals surface area contributed by atoms with Gasteiger partial charge in [-0.1, -0.05) is 18.5 Å². The van der Waals surface area contributed by atoms with Gasteiger partial charge in [-0.3, -0.25) is 0 Å². The van der Waals surface area contributed by atoms with E-state index in [1.807, 2.05) is 38.4 Å². The van der Waals surface area contributed by atoms with Crippen molar-refractivity contribution in [2.75, 3.05) is 19.0 Å². The van der Waals surface area contributed by atoms with E-state index in [0.717, 1.165) is 23.4 Å². The van der Waals surface area contributed by atoms with E-state index < -0.39 is 0 Å². The normalized spacial score (nSPS) is 10.4. The van der Waals surface area contributed by atoms with Gasteiger partial charge in [-0.15, -0.1) is 0 Å². The summed E-state index contributed by atoms with van der Waals surface area (Å²) in [6.07, 6.45) is 0.852. The molecular formula is C14H16ClN3. The highest BCUT2D eigenvalue weighted by molar-refractivity contribution is 6.29. The smallest absolute Gasteiger partial charge is 0.161 e. The fourth-order valence-electron chi connectivity index (χ4n) is 1.68. The Bertz CT molecular complexity index is 535. The zero-order chi connectivity index (χ0) is 13.1. The molecule has 18 heavy (non-hydrogen) atoms. The van der Waals surface area contributed by atoms with Crippen LogP contribution in [0.3, 0.4) is 0 Å². The van der Waals surface area contributed by atoms with Crippen LogP contribution in [0.1, 0.15) is 12.6 Å². The van der Waals surface area contributed by atoms with Gasteiger partial charge in [0, 0.05) is 31.0 Å². The van der Waals surface area contributed by atoms with E-state index >= 15 is 0 Å². The molecule has 0 bridgehead atoms. The Morgan fingerprint density at radius 2 is 1.78 bits per heavy atom. The van der Waals surface area contributed by atoms with Gasteiger partial charge in [0.2, 0.25) is 0 Å². The molecule has 0 aliphatic heterocycles. The lowest BCUT2D eigenvalue weighted by molar-refractivity contribution is 1.00. The number of hydrogen-bond acceptors (Lipinski definition) is 3. The summed E-state index contributed by atoms with van der Waals surface area (Å²) in [5.74, 6) is 0.685. The summed E-state index contributed by atoms with van der Waals surface area (Å²) in [5, 5.41) is 0.494. The third kappa shape index (κ3) is 2.79. The van der Waals surface area contributed by atoms with Crippen molar-refractivity contribution in [1.29, 1.82) is 0 Å². The molecule has 0 amide bonds. The first kappa shape index (κ1) is 12.8. The Balaban J connectivity index is 2.39. The molecule has 2 aromatic rings. The summed E-state index contributed by atoms with van der Waals surface area (Å²) in [5.41, 5.74) is 3.09. The maximum atomic E-state index is 6.00. The molecule has 0 atom stereocenters. The van der Waals surface area contributed by atoms with Crippen molar-refractivity contribution in [2.45, 2.75) is 13.3 Å². The molecule has 1 aromatic heterocycles. The number of nitrogens with zero attached hydrogens (tertiary/aromatic N) is 3. The molecule has 4 heteroatoms. The van der Waals surface area contributed by atoms with E-state index in [2.05, 4.69) is 21.8 Å². The SMILES string of the molecule is CCc1cc(Cl)nc(-c2ccc(N(C)C)cc2)n1. The van der Waals surface area contributed by atoms with Crippen molar-refractivity contribution in [3.63, 3.8) is 0 Å². The molecular weight excluding hydrogens is 246 g/mol. The highest BCUT2D eigenvalue weighted by Crippen LogP contribution is 2.21. The Morgan fingerprint density at radius 1 is 1.11 bits per heavy atom. The van der Waals surface area contributed by atoms with Crippen LogP contribution < -0.4 is 4.90 Å². The average molecular weight is 262 g/mol. The number of rotatable bonds is 3. The molecule has 2 rings (SSSR count). The van der Waals surface area contributed by atoms with E-state index in [1.54, 1.807) is 6.07 Å². The van der Waals surface area contributed by atoms with Gasteiger partial charge >= 0.3 is 0 Å². The van der Waals surface area contributed by atoms with Gasteiger partial charge in [-0.2, -0.15) is 0 Å². The molecule has 0 aliphatic carbocycles. The number of aromatic nitrogens is 2. The number of aryl methyl sites for hydroxylation is 1. The van der Waals surface area contributed by atoms with E-state index in [4.69, 9.17) is 11.6 Å². The predicted molar refractivity (Wildman–Crippen MR) is 76.2 cm³/mol. The second-order valence-corrected chi connectivity index (χ2v) is 4.69. The molecule has 1 aromatic carbocycles. The van der Waals surface area contributed by atoms with Crippen LogP contribution in [0.15, 0.2) is 30.3 Å². The lowest BCUT2D eigenvalue weighted by atomic mass is 10.2. The molecule has 0 aliphatic rings. The highest BCUT2D eigenvalue weighted by atomic mass is 35.5. The topological polar surface area (TPSA) is 29.0 Å². The quantitative estimate of drug-likeness (QED) is 0.793. The summed E-state index contributed by atoms with van der Waals surface area (Å²) >= 11 is 6.00. The Labute approximate surface area is 112 Å². The zero-order valence-corrected chi connectivity index (χ0v) is 11.6. The van der Waals surface area contributed by atoms with E-state index in [1.165, 1.54) is 0 Å². The molecule has 0 N–H and O–H groups in total. The minimum Gasteiger partial charge on any atom is -0.378 e. The van der Waals surface area contributed by atoms with Gasteiger partial charge in [-0.05, 0) is 36.8 Å². The summed E-state index contributed by atoms with van der Waals surface area (Å²) < 4.78 is 0. The minimum atomic E-state index is 0.494. The highest BCUT2D eigenvalue weighted by Gasteiger charge is 2.05. The standard InChI is InChI=1S/C14H16ClN3/c1-4-11-9-13(15)17-14(16-11)10-5-7-12(8-6-10)18(2)3/h5-9H,4H2,1-3H3. The van der Waals surface area contributed by atoms with Crippen LogP contribution in [0, 0.1) is 0 Å². The van der Waals surface area contributed by atoms with Gasteiger partial charge < -0.3 is 4.90 Å². The number of benzene rings is 1. The first-order chi connectivity index (χ1) is 8.60. The maximum Gasteiger partial charge on any atom is 0.161 e. The van der Waals surface area contributed by atoms with Crippen LogP contribution in [0.2, 0.25) is 5.15 Å². The molecule has 1 heterocycles. The number of hydrogen-bond donors (Lipinski definition) is 0. The van der Waals surface area contributed by atoms with Crippen LogP contribution in [-0.4, -0.2) is 24.1 Å². The van der Waals surface area contributed by atoms with Crippen LogP contribution >= 0.6 is 11.6 Å². The fourth-order valence-corrected chi connectivity index (χ4v) is 1.89. The van der Waals surface area contributed by atoms with E-state index in [0.29, 0.717) is 11.0 Å². The third-order valence-electron chi connectivity index (χ3n) is 2.75. The summed E-state index contributed by atoms with van der Waals surface area (Å²) in [4.78, 5) is 10.8. The van der Waals surface area contributed by atoms with Gasteiger partial charge in [-0.25, -0.2) is 9.97 Å². The lowest BCUT2D eigenvalue weighted by Gasteiger charge is -2.12. The van der Waals surface area contributed by atoms with E-state index in [9.17, 15) is 0 Å². The second-order valence-electron chi connectivity index (χ2n) is 4.30. The molecule has 0 saturated carbocycles. The van der Waals surface area contributed by atoms with Gasteiger partial charge in [0.05, 0.1) is 0 Å². The first-order valence-electron chi connectivity index (χ1n) is 5.91. The molecule has 0 spiro atoms. The van der Waals surface area contributed by atoms with Crippen molar-refractivity contribution in [3.8, 4) is 11.4 Å². The van der Waals surface area contributed by atoms with Crippen molar-refractivity contribution in [1.82, 2.24) is 9.97 Å². The van der Waals surface area contributed by atoms with Gasteiger partial charge in [0.15, 0.2) is 5.82 Å². The van der Waals surface area contributed by atoms with Crippen LogP contribution in [-0.2, 0) is 6.42 Å². The molecule has 0 unspecified atom stereocenters. The van der Waals surface area contributed by atoms with Gasteiger partial charge in [0.1, 0.15) is 5.15 Å². The lowest BCUT2D eigenvalue weighted by Crippen LogP contribution is -2.08. The van der Waals surface area contributed by atoms with Crippen LogP contribution in [0.5, 0.6) is 0 Å². The Hall–Kier alpha value is -1.61. The molecule has 3 nitrogen and oxygen atoms in total. The van der Waals surface area contributed by atoms with Crippen molar-refractivity contribution < 1.29 is 0 Å². The minimum absolute atomic E-state index is 0.494. The average Bonchev–Trinajstić information content (AvgIpc) is 2.38. The predicted octanol–water partition coefficient (Wildman–Crippen LogP) is 3.43. The number of halogens is 1. The summed E-state index contributed by atoms with van der Waals surface area (Å²) in [7, 11) is 4.03. The molecule has 0 saturated heterocycles. The second kappa shape index (κ2) is 5.36. The van der Waals surface area contributed by atoms with Crippen molar-refractivity contribution in [2.24, 2.45) is 0 Å². The summed E-state index contributed by atoms with van der Waals surface area (Å²) in [6.45, 7) is 2.05. The van der Waals surface area contributed by atoms with Crippen LogP contribution in [0.25, 0.3) is 11.4 Å². The Morgan fingerprint density at radius 3 is 2.33 bits per heavy atom. The van der Waals surface area contributed by atoms with Crippen LogP contribution in [0.4, 0.5) is 5.69 Å². The van der Waals surface area contributed by atoms with E-state index in [-0.39, 0.29) is 0 Å². The van der Waals surface area contributed by atoms with Crippen molar-refractivity contribution >= 4 is 17.3 Å². The van der Waals surface area contributed by atoms with Crippen molar-refractivity contribution in [3.05, 3.63) is 41.2 Å². The number of anilines is 1. The summed E-state index contributed by atoms with van der Waals surface area (Å²) in [6, 6.07) is 9.93. The maximum absolute atomic E-state index is 6.00. The van der Waals surface area contributed by atoms with Gasteiger partial charge in [0.25, 0.3) is 0 Å². The largest absolute Gasteiger partial charge is 0.378 e. The molecule has 94 valence electrons. The third-order valence-corrected chi connectivity index (χ3v) is 2.95. The molecule has 0 fully saturated rings.